The van der Waals surface area contributed by atoms with Crippen molar-refractivity contribution in [1.82, 2.24) is 5.01 Å². The molecule has 0 aromatic heterocycles. The van der Waals surface area contributed by atoms with Gasteiger partial charge in [0.1, 0.15) is 16.3 Å². The monoisotopic (exact) mass is 419 g/mol. The Hall–Kier alpha value is -1.85. The molecule has 0 saturated heterocycles. The fourth-order valence-electron chi connectivity index (χ4n) is 1.49. The van der Waals surface area contributed by atoms with Gasteiger partial charge in [-0.25, -0.2) is 5.01 Å². The molecule has 0 amide bonds. The van der Waals surface area contributed by atoms with E-state index in [0.29, 0.717) is 0 Å². The second kappa shape index (κ2) is 7.58. The highest BCUT2D eigenvalue weighted by molar-refractivity contribution is 7.86. The number of ether oxygens (including phenoxy) is 1. The molecular formula is C9H13N3O10S3. The highest BCUT2D eigenvalue weighted by Crippen LogP contribution is 2.29. The van der Waals surface area contributed by atoms with Gasteiger partial charge in [-0.3, -0.25) is 13.7 Å². The first-order valence-electron chi connectivity index (χ1n) is 5.94. The Morgan fingerprint density at radius 3 is 1.92 bits per heavy atom. The molecule has 16 heteroatoms. The van der Waals surface area contributed by atoms with Crippen molar-refractivity contribution in [1.29, 1.82) is 0 Å². The number of benzene rings is 1. The van der Waals surface area contributed by atoms with Crippen molar-refractivity contribution in [3.05, 3.63) is 18.2 Å². The smallest absolute Gasteiger partial charge is 0.296 e. The van der Waals surface area contributed by atoms with Gasteiger partial charge in [-0.15, -0.1) is 5.11 Å². The van der Waals surface area contributed by atoms with Crippen LogP contribution in [0.2, 0.25) is 0 Å². The zero-order valence-electron chi connectivity index (χ0n) is 12.4. The van der Waals surface area contributed by atoms with Crippen LogP contribution in [0.5, 0.6) is 5.75 Å². The molecule has 1 rings (SSSR count). The SMILES string of the molecule is COc1ccc(N=NN(CS(=O)(=O)O)CS(=O)(=O)O)c(S(=O)(=O)O)c1. The van der Waals surface area contributed by atoms with E-state index in [0.717, 1.165) is 12.1 Å². The van der Waals surface area contributed by atoms with E-state index in [2.05, 4.69) is 10.3 Å². The van der Waals surface area contributed by atoms with Gasteiger partial charge in [-0.1, -0.05) is 5.22 Å². The third-order valence-corrected chi connectivity index (χ3v) is 4.48. The molecule has 0 atom stereocenters. The Bertz CT molecular complexity index is 934. The van der Waals surface area contributed by atoms with Crippen molar-refractivity contribution >= 4 is 36.0 Å². The fraction of sp³-hybridized carbons (Fsp3) is 0.333. The predicted molar refractivity (Wildman–Crippen MR) is 82.0 cm³/mol. The topological polar surface area (TPSA) is 200 Å². The Kier molecular flexibility index (Phi) is 6.43. The van der Waals surface area contributed by atoms with Crippen LogP contribution in [0, 0.1) is 0 Å². The van der Waals surface area contributed by atoms with Gasteiger partial charge in [0, 0.05) is 6.07 Å². The van der Waals surface area contributed by atoms with E-state index in [1.54, 1.807) is 0 Å². The highest BCUT2D eigenvalue weighted by atomic mass is 32.2. The van der Waals surface area contributed by atoms with Gasteiger partial charge in [0.15, 0.2) is 11.8 Å². The molecule has 1 aromatic rings. The molecule has 3 N–H and O–H groups in total. The molecule has 25 heavy (non-hydrogen) atoms. The van der Waals surface area contributed by atoms with Crippen LogP contribution < -0.4 is 4.74 Å². The molecule has 0 aliphatic heterocycles. The summed E-state index contributed by atoms with van der Waals surface area (Å²) >= 11 is 0. The lowest BCUT2D eigenvalue weighted by Crippen LogP contribution is -2.29. The van der Waals surface area contributed by atoms with Crippen LogP contribution in [0.1, 0.15) is 0 Å². The van der Waals surface area contributed by atoms with Crippen molar-refractivity contribution < 1.29 is 43.6 Å². The molecule has 0 spiro atoms. The van der Waals surface area contributed by atoms with Crippen LogP contribution in [-0.4, -0.2) is 62.8 Å². The number of hydrogen-bond acceptors (Lipinski definition) is 9. The molecule has 1 aromatic carbocycles. The Morgan fingerprint density at radius 1 is 1.00 bits per heavy atom. The molecule has 142 valence electrons. The predicted octanol–water partition coefficient (Wildman–Crippen LogP) is -0.0668. The third-order valence-electron chi connectivity index (χ3n) is 2.35. The summed E-state index contributed by atoms with van der Waals surface area (Å²) in [6.45, 7) is 0. The summed E-state index contributed by atoms with van der Waals surface area (Å²) in [7, 11) is -13.0. The lowest BCUT2D eigenvalue weighted by molar-refractivity contribution is 0.327. The van der Waals surface area contributed by atoms with Crippen molar-refractivity contribution in [3.63, 3.8) is 0 Å². The largest absolute Gasteiger partial charge is 0.497 e. The maximum Gasteiger partial charge on any atom is 0.296 e. The molecule has 0 aliphatic rings. The van der Waals surface area contributed by atoms with Crippen LogP contribution in [0.15, 0.2) is 33.4 Å². The first-order chi connectivity index (χ1) is 11.2. The summed E-state index contributed by atoms with van der Waals surface area (Å²) in [5, 5.41) is 6.62. The maximum absolute atomic E-state index is 11.3. The van der Waals surface area contributed by atoms with Crippen LogP contribution in [0.3, 0.4) is 0 Å². The maximum atomic E-state index is 11.3. The van der Waals surface area contributed by atoms with Gasteiger partial charge in [0.25, 0.3) is 30.4 Å². The van der Waals surface area contributed by atoms with E-state index >= 15 is 0 Å². The average Bonchev–Trinajstić information content (AvgIpc) is 2.40. The third kappa shape index (κ3) is 7.71. The zero-order valence-corrected chi connectivity index (χ0v) is 14.9. The highest BCUT2D eigenvalue weighted by Gasteiger charge is 2.20. The van der Waals surface area contributed by atoms with Crippen LogP contribution in [0.4, 0.5) is 5.69 Å². The van der Waals surface area contributed by atoms with E-state index in [4.69, 9.17) is 18.4 Å². The molecular weight excluding hydrogens is 406 g/mol. The molecule has 0 aliphatic carbocycles. The van der Waals surface area contributed by atoms with E-state index < -0.39 is 52.7 Å². The van der Waals surface area contributed by atoms with Gasteiger partial charge in [-0.2, -0.15) is 25.3 Å². The number of methoxy groups -OCH3 is 1. The Morgan fingerprint density at radius 2 is 1.52 bits per heavy atom. The molecule has 0 saturated carbocycles. The van der Waals surface area contributed by atoms with E-state index in [-0.39, 0.29) is 10.8 Å². The second-order valence-corrected chi connectivity index (χ2v) is 8.66. The Balaban J connectivity index is 3.31. The summed E-state index contributed by atoms with van der Waals surface area (Å²) < 4.78 is 97.4. The first-order valence-corrected chi connectivity index (χ1v) is 10.6. The molecule has 13 nitrogen and oxygen atoms in total. The van der Waals surface area contributed by atoms with Gasteiger partial charge in [-0.05, 0) is 12.1 Å². The van der Waals surface area contributed by atoms with Gasteiger partial charge in [0.2, 0.25) is 0 Å². The van der Waals surface area contributed by atoms with E-state index in [1.807, 2.05) is 0 Å². The zero-order chi connectivity index (χ0) is 19.5. The van der Waals surface area contributed by atoms with Crippen LogP contribution in [-0.2, 0) is 30.4 Å². The fourth-order valence-corrected chi connectivity index (χ4v) is 3.28. The normalized spacial score (nSPS) is 13.1. The molecule has 0 radical (unpaired) electrons. The lowest BCUT2D eigenvalue weighted by atomic mass is 10.3. The van der Waals surface area contributed by atoms with E-state index in [1.165, 1.54) is 13.2 Å². The Labute approximate surface area is 143 Å². The van der Waals surface area contributed by atoms with Gasteiger partial charge >= 0.3 is 0 Å². The molecule has 0 heterocycles. The van der Waals surface area contributed by atoms with Gasteiger partial charge < -0.3 is 4.74 Å². The van der Waals surface area contributed by atoms with Gasteiger partial charge in [0.05, 0.1) is 7.11 Å². The lowest BCUT2D eigenvalue weighted by Gasteiger charge is -2.13. The summed E-state index contributed by atoms with van der Waals surface area (Å²) in [6.07, 6.45) is 0. The van der Waals surface area contributed by atoms with E-state index in [9.17, 15) is 25.3 Å². The van der Waals surface area contributed by atoms with Crippen molar-refractivity contribution in [2.24, 2.45) is 10.3 Å². The minimum Gasteiger partial charge on any atom is -0.497 e. The summed E-state index contributed by atoms with van der Waals surface area (Å²) in [5.74, 6) is -2.67. The summed E-state index contributed by atoms with van der Waals surface area (Å²) in [5.41, 5.74) is -0.487. The minimum absolute atomic E-state index is 0.0410. The van der Waals surface area contributed by atoms with Crippen LogP contribution in [0.25, 0.3) is 0 Å². The van der Waals surface area contributed by atoms with Crippen molar-refractivity contribution in [3.8, 4) is 5.75 Å². The number of hydrogen-bond donors (Lipinski definition) is 3. The number of nitrogens with zero attached hydrogens (tertiary/aromatic N) is 3. The standard InChI is InChI=1S/C9H13N3O10S3/c1-22-7-2-3-8(9(4-7)25(19,20)21)10-11-12(5-23(13,14)15)6-24(16,17)18/h2-4H,5-6H2,1H3,(H,13,14,15)(H,16,17,18)(H,19,20,21). The molecule has 0 unspecified atom stereocenters. The minimum atomic E-state index is -4.77. The quantitative estimate of drug-likeness (QED) is 0.289. The van der Waals surface area contributed by atoms with Crippen molar-refractivity contribution in [2.45, 2.75) is 4.90 Å². The molecule has 0 bridgehead atoms. The average molecular weight is 419 g/mol. The summed E-state index contributed by atoms with van der Waals surface area (Å²) in [4.78, 5) is -0.755. The number of rotatable bonds is 8. The van der Waals surface area contributed by atoms with Crippen LogP contribution >= 0.6 is 0 Å². The first kappa shape index (κ1) is 21.2. The second-order valence-electron chi connectivity index (χ2n) is 4.43. The van der Waals surface area contributed by atoms with Crippen molar-refractivity contribution in [2.75, 3.05) is 18.9 Å². The summed E-state index contributed by atoms with van der Waals surface area (Å²) in [6, 6.07) is 3.16. The molecule has 0 fully saturated rings.